The fourth-order valence-corrected chi connectivity index (χ4v) is 4.82. The number of hydrazone groups is 1. The van der Waals surface area contributed by atoms with Crippen molar-refractivity contribution in [3.63, 3.8) is 0 Å². The van der Waals surface area contributed by atoms with E-state index in [-0.39, 0.29) is 35.5 Å². The van der Waals surface area contributed by atoms with Gasteiger partial charge in [0.15, 0.2) is 0 Å². The molecule has 6 atom stereocenters. The van der Waals surface area contributed by atoms with Gasteiger partial charge in [0.1, 0.15) is 0 Å². The third-order valence-corrected chi connectivity index (χ3v) is 6.00. The predicted octanol–water partition coefficient (Wildman–Crippen LogP) is 1.95. The van der Waals surface area contributed by atoms with E-state index in [1.54, 1.807) is 24.3 Å². The van der Waals surface area contributed by atoms with Crippen LogP contribution in [-0.4, -0.2) is 23.0 Å². The van der Waals surface area contributed by atoms with Crippen molar-refractivity contribution in [2.24, 2.45) is 40.6 Å². The summed E-state index contributed by atoms with van der Waals surface area (Å²) in [6, 6.07) is 8.93. The van der Waals surface area contributed by atoms with Crippen LogP contribution in [0.3, 0.4) is 0 Å². The Labute approximate surface area is 139 Å². The molecule has 5 heteroatoms. The van der Waals surface area contributed by atoms with Crippen molar-refractivity contribution in [1.29, 1.82) is 5.26 Å². The number of imide groups is 1. The van der Waals surface area contributed by atoms with Gasteiger partial charge >= 0.3 is 0 Å². The zero-order valence-corrected chi connectivity index (χ0v) is 12.9. The van der Waals surface area contributed by atoms with Gasteiger partial charge in [-0.25, -0.2) is 0 Å². The van der Waals surface area contributed by atoms with Gasteiger partial charge in [0, 0.05) is 0 Å². The Morgan fingerprint density at radius 1 is 1.04 bits per heavy atom. The van der Waals surface area contributed by atoms with Crippen LogP contribution in [-0.2, 0) is 9.59 Å². The molecule has 118 valence electrons. The number of carbonyl (C=O) groups excluding carboxylic acids is 2. The maximum Gasteiger partial charge on any atom is 0.254 e. The lowest BCUT2D eigenvalue weighted by Crippen LogP contribution is -2.40. The second-order valence-electron chi connectivity index (χ2n) is 7.12. The molecule has 6 rings (SSSR count). The summed E-state index contributed by atoms with van der Waals surface area (Å²) in [7, 11) is 0. The third-order valence-electron chi connectivity index (χ3n) is 6.00. The Hall–Kier alpha value is -2.74. The van der Waals surface area contributed by atoms with E-state index in [2.05, 4.69) is 23.3 Å². The highest BCUT2D eigenvalue weighted by atomic mass is 16.2. The van der Waals surface area contributed by atoms with Gasteiger partial charge in [-0.15, -0.1) is 0 Å². The van der Waals surface area contributed by atoms with Crippen molar-refractivity contribution in [3.05, 3.63) is 47.5 Å². The smallest absolute Gasteiger partial charge is 0.254 e. The number of allylic oxidation sites excluding steroid dienone is 2. The molecular weight excluding hydrogens is 302 g/mol. The van der Waals surface area contributed by atoms with Crippen LogP contribution in [0.4, 0.5) is 0 Å². The number of carbonyl (C=O) groups is 2. The van der Waals surface area contributed by atoms with E-state index in [0.29, 0.717) is 17.4 Å². The molecule has 1 saturated heterocycles. The minimum Gasteiger partial charge on any atom is -0.272 e. The summed E-state index contributed by atoms with van der Waals surface area (Å²) >= 11 is 0. The molecule has 2 saturated carbocycles. The number of nitrogens with zero attached hydrogens (tertiary/aromatic N) is 3. The molecular formula is C19H15N3O2. The first-order valence-corrected chi connectivity index (χ1v) is 8.29. The number of nitriles is 1. The molecule has 5 nitrogen and oxygen atoms in total. The van der Waals surface area contributed by atoms with Crippen LogP contribution in [0.25, 0.3) is 0 Å². The van der Waals surface area contributed by atoms with E-state index in [1.807, 2.05) is 0 Å². The first-order chi connectivity index (χ1) is 11.7. The van der Waals surface area contributed by atoms with E-state index in [9.17, 15) is 9.59 Å². The van der Waals surface area contributed by atoms with Crippen molar-refractivity contribution in [2.75, 3.05) is 0 Å². The van der Waals surface area contributed by atoms with E-state index in [1.165, 1.54) is 6.21 Å². The number of rotatable bonds is 2. The molecule has 3 fully saturated rings. The van der Waals surface area contributed by atoms with Crippen LogP contribution >= 0.6 is 0 Å². The zero-order valence-electron chi connectivity index (χ0n) is 12.9. The second kappa shape index (κ2) is 4.64. The number of hydrogen-bond donors (Lipinski definition) is 0. The zero-order chi connectivity index (χ0) is 16.4. The molecule has 0 N–H and O–H groups in total. The van der Waals surface area contributed by atoms with Gasteiger partial charge in [-0.05, 0) is 47.8 Å². The van der Waals surface area contributed by atoms with Crippen molar-refractivity contribution in [2.45, 2.75) is 6.42 Å². The lowest BCUT2D eigenvalue weighted by molar-refractivity contribution is -0.140. The van der Waals surface area contributed by atoms with Crippen LogP contribution in [0.1, 0.15) is 17.5 Å². The average Bonchev–Trinajstić information content (AvgIpc) is 3.39. The molecule has 2 bridgehead atoms. The molecule has 0 spiro atoms. The van der Waals surface area contributed by atoms with Crippen LogP contribution in [0, 0.1) is 46.8 Å². The van der Waals surface area contributed by atoms with E-state index in [4.69, 9.17) is 5.26 Å². The fraction of sp³-hybridized carbons (Fsp3) is 0.368. The van der Waals surface area contributed by atoms with E-state index >= 15 is 0 Å². The first kappa shape index (κ1) is 13.7. The van der Waals surface area contributed by atoms with Crippen molar-refractivity contribution >= 4 is 18.0 Å². The summed E-state index contributed by atoms with van der Waals surface area (Å²) in [5, 5.41) is 14.1. The number of benzene rings is 1. The summed E-state index contributed by atoms with van der Waals surface area (Å²) in [4.78, 5) is 25.5. The van der Waals surface area contributed by atoms with E-state index in [0.717, 1.165) is 17.0 Å². The minimum absolute atomic E-state index is 0.153. The topological polar surface area (TPSA) is 73.5 Å². The van der Waals surface area contributed by atoms with Gasteiger partial charge in [0.05, 0.1) is 29.7 Å². The molecule has 24 heavy (non-hydrogen) atoms. The normalized spacial score (nSPS) is 38.4. The highest BCUT2D eigenvalue weighted by molar-refractivity contribution is 6.06. The lowest BCUT2D eigenvalue weighted by atomic mass is 9.63. The Morgan fingerprint density at radius 3 is 2.17 bits per heavy atom. The lowest BCUT2D eigenvalue weighted by Gasteiger charge is -2.37. The first-order valence-electron chi connectivity index (χ1n) is 8.29. The molecule has 1 aliphatic heterocycles. The molecule has 6 unspecified atom stereocenters. The van der Waals surface area contributed by atoms with Crippen LogP contribution in [0.15, 0.2) is 41.5 Å². The summed E-state index contributed by atoms with van der Waals surface area (Å²) < 4.78 is 0. The van der Waals surface area contributed by atoms with Gasteiger partial charge in [-0.2, -0.15) is 15.4 Å². The summed E-state index contributed by atoms with van der Waals surface area (Å²) in [5.74, 6) is 0.900. The number of hydrogen-bond acceptors (Lipinski definition) is 4. The molecule has 4 aliphatic carbocycles. The Kier molecular flexibility index (Phi) is 2.64. The SMILES string of the molecule is N#Cc1ccc(/C=N/N2C(=O)C3C4C=CC(C5CC45)C3C2=O)cc1. The highest BCUT2D eigenvalue weighted by Crippen LogP contribution is 2.65. The maximum atomic E-state index is 12.7. The Bertz CT molecular complexity index is 812. The predicted molar refractivity (Wildman–Crippen MR) is 85.3 cm³/mol. The second-order valence-corrected chi connectivity index (χ2v) is 7.12. The Balaban J connectivity index is 1.42. The molecule has 2 amide bonds. The average molecular weight is 317 g/mol. The maximum absolute atomic E-state index is 12.7. The monoisotopic (exact) mass is 317 g/mol. The molecule has 0 aromatic heterocycles. The summed E-state index contributed by atoms with van der Waals surface area (Å²) in [6.45, 7) is 0. The van der Waals surface area contributed by atoms with Gasteiger partial charge in [-0.3, -0.25) is 9.59 Å². The van der Waals surface area contributed by atoms with Crippen molar-refractivity contribution in [1.82, 2.24) is 5.01 Å². The van der Waals surface area contributed by atoms with Gasteiger partial charge in [0.2, 0.25) is 0 Å². The Morgan fingerprint density at radius 2 is 1.62 bits per heavy atom. The van der Waals surface area contributed by atoms with Crippen molar-refractivity contribution < 1.29 is 9.59 Å². The molecule has 1 heterocycles. The fourth-order valence-electron chi connectivity index (χ4n) is 4.82. The summed E-state index contributed by atoms with van der Waals surface area (Å²) in [6.07, 6.45) is 6.98. The third kappa shape index (κ3) is 1.71. The van der Waals surface area contributed by atoms with Gasteiger partial charge in [0.25, 0.3) is 11.8 Å². The highest BCUT2D eigenvalue weighted by Gasteiger charge is 2.67. The van der Waals surface area contributed by atoms with Gasteiger partial charge in [-0.1, -0.05) is 24.3 Å². The largest absolute Gasteiger partial charge is 0.272 e. The van der Waals surface area contributed by atoms with Crippen LogP contribution < -0.4 is 0 Å². The minimum atomic E-state index is -0.214. The van der Waals surface area contributed by atoms with E-state index < -0.39 is 0 Å². The molecule has 5 aliphatic rings. The quantitative estimate of drug-likeness (QED) is 0.475. The summed E-state index contributed by atoms with van der Waals surface area (Å²) in [5.41, 5.74) is 1.32. The van der Waals surface area contributed by atoms with Gasteiger partial charge < -0.3 is 0 Å². The molecule has 1 aromatic rings. The standard InChI is InChI=1S/C19H15N3O2/c20-8-10-1-3-11(4-2-10)9-21-22-18(23)16-12-5-6-13(15-7-14(12)15)17(16)19(22)24/h1-6,9,12-17H,7H2/b21-9+. The van der Waals surface area contributed by atoms with Crippen LogP contribution in [0.2, 0.25) is 0 Å². The number of amides is 2. The molecule has 1 aromatic carbocycles. The van der Waals surface area contributed by atoms with Crippen molar-refractivity contribution in [3.8, 4) is 6.07 Å². The van der Waals surface area contributed by atoms with Crippen LogP contribution in [0.5, 0.6) is 0 Å². The molecule has 0 radical (unpaired) electrons.